The molecule has 0 aliphatic rings. The van der Waals surface area contributed by atoms with Gasteiger partial charge in [0.15, 0.2) is 9.84 Å². The minimum Gasteiger partial charge on any atom is -0.468 e. The van der Waals surface area contributed by atoms with Crippen LogP contribution in [0, 0.1) is 5.82 Å². The zero-order valence-electron chi connectivity index (χ0n) is 14.0. The van der Waals surface area contributed by atoms with Gasteiger partial charge >= 0.3 is 6.03 Å². The monoisotopic (exact) mass is 368 g/mol. The molecule has 0 radical (unpaired) electrons. The highest BCUT2D eigenvalue weighted by Gasteiger charge is 2.32. The summed E-state index contributed by atoms with van der Waals surface area (Å²) in [7, 11) is -3.87. The number of nitrogens with one attached hydrogen (secondary N) is 2. The third-order valence-corrected chi connectivity index (χ3v) is 5.89. The van der Waals surface area contributed by atoms with Crippen molar-refractivity contribution in [3.8, 4) is 0 Å². The van der Waals surface area contributed by atoms with Gasteiger partial charge in [-0.1, -0.05) is 6.92 Å². The van der Waals surface area contributed by atoms with E-state index in [1.54, 1.807) is 6.07 Å². The predicted molar refractivity (Wildman–Crippen MR) is 91.3 cm³/mol. The maximum Gasteiger partial charge on any atom is 0.315 e. The van der Waals surface area contributed by atoms with E-state index in [0.717, 1.165) is 18.6 Å². The maximum absolute atomic E-state index is 13.1. The maximum atomic E-state index is 13.1. The molecule has 2 aromatic rings. The van der Waals surface area contributed by atoms with Crippen LogP contribution in [0.4, 0.5) is 9.18 Å². The molecule has 2 atom stereocenters. The van der Waals surface area contributed by atoms with E-state index in [1.807, 2.05) is 13.8 Å². The molecule has 0 bridgehead atoms. The van der Waals surface area contributed by atoms with Gasteiger partial charge in [-0.25, -0.2) is 17.6 Å². The summed E-state index contributed by atoms with van der Waals surface area (Å²) in [6, 6.07) is 7.15. The number of furan rings is 1. The molecule has 25 heavy (non-hydrogen) atoms. The molecule has 1 heterocycles. The fourth-order valence-electron chi connectivity index (χ4n) is 2.19. The average Bonchev–Trinajstić information content (AvgIpc) is 3.09. The van der Waals surface area contributed by atoms with E-state index >= 15 is 0 Å². The molecule has 2 amide bonds. The highest BCUT2D eigenvalue weighted by molar-refractivity contribution is 7.91. The van der Waals surface area contributed by atoms with Crippen LogP contribution in [-0.2, 0) is 9.84 Å². The molecule has 2 unspecified atom stereocenters. The van der Waals surface area contributed by atoms with Gasteiger partial charge in [0.05, 0.1) is 11.2 Å². The van der Waals surface area contributed by atoms with Crippen LogP contribution in [0.3, 0.4) is 0 Å². The number of urea groups is 1. The Morgan fingerprint density at radius 1 is 1.24 bits per heavy atom. The minimum atomic E-state index is -3.87. The van der Waals surface area contributed by atoms with Crippen LogP contribution in [0.25, 0.3) is 0 Å². The molecule has 0 aliphatic carbocycles. The molecule has 2 rings (SSSR count). The van der Waals surface area contributed by atoms with Crippen molar-refractivity contribution in [2.24, 2.45) is 0 Å². The highest BCUT2D eigenvalue weighted by atomic mass is 32.2. The summed E-state index contributed by atoms with van der Waals surface area (Å²) < 4.78 is 44.1. The Labute approximate surface area is 146 Å². The van der Waals surface area contributed by atoms with Crippen LogP contribution in [0.5, 0.6) is 0 Å². The molecule has 0 aliphatic heterocycles. The van der Waals surface area contributed by atoms with E-state index in [9.17, 15) is 17.6 Å². The quantitative estimate of drug-likeness (QED) is 0.735. The van der Waals surface area contributed by atoms with E-state index < -0.39 is 26.9 Å². The van der Waals surface area contributed by atoms with Crippen molar-refractivity contribution >= 4 is 15.9 Å². The SMILES string of the molecule is CCC(C)NC(=O)NCC(c1ccco1)S(=O)(=O)c1ccc(F)cc1. The number of benzene rings is 1. The minimum absolute atomic E-state index is 0.0317. The summed E-state index contributed by atoms with van der Waals surface area (Å²) >= 11 is 0. The number of rotatable bonds is 7. The van der Waals surface area contributed by atoms with Crippen molar-refractivity contribution in [2.75, 3.05) is 6.54 Å². The molecule has 1 aromatic heterocycles. The first kappa shape index (κ1) is 19.0. The van der Waals surface area contributed by atoms with Gasteiger partial charge in [0.25, 0.3) is 0 Å². The lowest BCUT2D eigenvalue weighted by atomic mass is 10.3. The van der Waals surface area contributed by atoms with Crippen LogP contribution in [-0.4, -0.2) is 27.0 Å². The van der Waals surface area contributed by atoms with Gasteiger partial charge in [0.1, 0.15) is 16.8 Å². The van der Waals surface area contributed by atoms with Gasteiger partial charge in [0, 0.05) is 12.6 Å². The largest absolute Gasteiger partial charge is 0.468 e. The number of hydrogen-bond acceptors (Lipinski definition) is 4. The summed E-state index contributed by atoms with van der Waals surface area (Å²) in [5.41, 5.74) is 0. The number of carbonyl (C=O) groups excluding carboxylic acids is 1. The van der Waals surface area contributed by atoms with Crippen LogP contribution < -0.4 is 10.6 Å². The third kappa shape index (κ3) is 4.82. The smallest absolute Gasteiger partial charge is 0.315 e. The number of halogens is 1. The first-order valence-corrected chi connectivity index (χ1v) is 9.46. The van der Waals surface area contributed by atoms with E-state index in [0.29, 0.717) is 0 Å². The Balaban J connectivity index is 2.22. The molecule has 0 fully saturated rings. The standard InChI is InChI=1S/C17H21FN2O4S/c1-3-12(2)20-17(21)19-11-16(15-5-4-10-24-15)25(22,23)14-8-6-13(18)7-9-14/h4-10,12,16H,3,11H2,1-2H3,(H2,19,20,21). The molecular weight excluding hydrogens is 347 g/mol. The van der Waals surface area contributed by atoms with Crippen LogP contribution in [0.15, 0.2) is 52.0 Å². The van der Waals surface area contributed by atoms with Crippen molar-refractivity contribution in [3.63, 3.8) is 0 Å². The van der Waals surface area contributed by atoms with Crippen molar-refractivity contribution in [1.82, 2.24) is 10.6 Å². The molecule has 1 aromatic carbocycles. The Kier molecular flexibility index (Phi) is 6.19. The second-order valence-corrected chi connectivity index (χ2v) is 7.80. The molecule has 0 saturated heterocycles. The van der Waals surface area contributed by atoms with E-state index in [4.69, 9.17) is 4.42 Å². The fraction of sp³-hybridized carbons (Fsp3) is 0.353. The lowest BCUT2D eigenvalue weighted by molar-refractivity contribution is 0.237. The van der Waals surface area contributed by atoms with Crippen molar-refractivity contribution in [2.45, 2.75) is 36.5 Å². The second-order valence-electron chi connectivity index (χ2n) is 5.67. The first-order chi connectivity index (χ1) is 11.8. The molecule has 8 heteroatoms. The predicted octanol–water partition coefficient (Wildman–Crippen LogP) is 3.03. The van der Waals surface area contributed by atoms with Crippen molar-refractivity contribution in [1.29, 1.82) is 0 Å². The average molecular weight is 368 g/mol. The lowest BCUT2D eigenvalue weighted by Gasteiger charge is -2.18. The van der Waals surface area contributed by atoms with Crippen LogP contribution >= 0.6 is 0 Å². The molecule has 136 valence electrons. The lowest BCUT2D eigenvalue weighted by Crippen LogP contribution is -2.42. The Bertz CT molecular complexity index is 789. The topological polar surface area (TPSA) is 88.4 Å². The van der Waals surface area contributed by atoms with Gasteiger partial charge in [-0.15, -0.1) is 0 Å². The number of hydrogen-bond donors (Lipinski definition) is 2. The summed E-state index contributed by atoms with van der Waals surface area (Å²) in [5, 5.41) is 4.15. The zero-order chi connectivity index (χ0) is 18.4. The Morgan fingerprint density at radius 2 is 1.92 bits per heavy atom. The summed E-state index contributed by atoms with van der Waals surface area (Å²) in [4.78, 5) is 11.9. The van der Waals surface area contributed by atoms with E-state index in [1.165, 1.54) is 24.5 Å². The molecule has 6 nitrogen and oxygen atoms in total. The van der Waals surface area contributed by atoms with E-state index in [2.05, 4.69) is 10.6 Å². The van der Waals surface area contributed by atoms with Gasteiger partial charge < -0.3 is 15.1 Å². The van der Waals surface area contributed by atoms with Gasteiger partial charge in [0.2, 0.25) is 0 Å². The van der Waals surface area contributed by atoms with Gasteiger partial charge in [-0.2, -0.15) is 0 Å². The third-order valence-electron chi connectivity index (χ3n) is 3.82. The normalized spacial score (nSPS) is 13.9. The molecule has 2 N–H and O–H groups in total. The fourth-order valence-corrected chi connectivity index (χ4v) is 3.78. The zero-order valence-corrected chi connectivity index (χ0v) is 14.8. The Hall–Kier alpha value is -2.35. The Morgan fingerprint density at radius 3 is 2.48 bits per heavy atom. The number of amides is 2. The summed E-state index contributed by atoms with van der Waals surface area (Å²) in [6.45, 7) is 3.60. The van der Waals surface area contributed by atoms with Crippen molar-refractivity contribution < 1.29 is 22.0 Å². The first-order valence-electron chi connectivity index (χ1n) is 7.91. The summed E-state index contributed by atoms with van der Waals surface area (Å²) in [6.07, 6.45) is 2.12. The number of carbonyl (C=O) groups is 1. The molecule has 0 spiro atoms. The second kappa shape index (κ2) is 8.15. The highest BCUT2D eigenvalue weighted by Crippen LogP contribution is 2.29. The van der Waals surface area contributed by atoms with Crippen LogP contribution in [0.2, 0.25) is 0 Å². The van der Waals surface area contributed by atoms with Gasteiger partial charge in [-0.05, 0) is 49.7 Å². The van der Waals surface area contributed by atoms with Crippen LogP contribution in [0.1, 0.15) is 31.3 Å². The van der Waals surface area contributed by atoms with Gasteiger partial charge in [-0.3, -0.25) is 0 Å². The molecule has 0 saturated carbocycles. The summed E-state index contributed by atoms with van der Waals surface area (Å²) in [5.74, 6) is -0.326. The number of sulfone groups is 1. The van der Waals surface area contributed by atoms with Crippen molar-refractivity contribution in [3.05, 3.63) is 54.2 Å². The van der Waals surface area contributed by atoms with E-state index in [-0.39, 0.29) is 23.2 Å². The molecular formula is C17H21FN2O4S.